The van der Waals surface area contributed by atoms with Crippen molar-refractivity contribution in [2.24, 2.45) is 0 Å². The monoisotopic (exact) mass is 337 g/mol. The smallest absolute Gasteiger partial charge is 0.0320 e. The molecule has 2 aromatic carbocycles. The first kappa shape index (κ1) is 16.4. The van der Waals surface area contributed by atoms with Crippen molar-refractivity contribution in [3.05, 3.63) is 102 Å². The second-order valence-electron chi connectivity index (χ2n) is 6.83. The van der Waals surface area contributed by atoms with Crippen LogP contribution in [0.5, 0.6) is 0 Å². The second-order valence-corrected chi connectivity index (χ2v) is 6.83. The SMILES string of the molecule is C=C1/C=C\C=C/CC2=C(C=CCC2)c2ccccc2-c2cc(N)ccc21. The zero-order valence-electron chi connectivity index (χ0n) is 14.9. The van der Waals surface area contributed by atoms with Gasteiger partial charge in [-0.25, -0.2) is 0 Å². The fourth-order valence-electron chi connectivity index (χ4n) is 3.77. The number of allylic oxidation sites excluding steroid dienone is 9. The summed E-state index contributed by atoms with van der Waals surface area (Å²) in [6.45, 7) is 4.28. The third-order valence-corrected chi connectivity index (χ3v) is 5.08. The van der Waals surface area contributed by atoms with Gasteiger partial charge in [0.2, 0.25) is 0 Å². The molecule has 0 saturated carbocycles. The summed E-state index contributed by atoms with van der Waals surface area (Å²) in [5.41, 5.74) is 15.5. The molecule has 0 atom stereocenters. The normalized spacial score (nSPS) is 18.8. The summed E-state index contributed by atoms with van der Waals surface area (Å²) in [5, 5.41) is 0. The van der Waals surface area contributed by atoms with Crippen molar-refractivity contribution in [3.8, 4) is 11.1 Å². The first-order valence-electron chi connectivity index (χ1n) is 9.14. The molecule has 0 amide bonds. The van der Waals surface area contributed by atoms with E-state index in [0.717, 1.165) is 41.6 Å². The average Bonchev–Trinajstić information content (AvgIpc) is 2.67. The molecule has 0 saturated heterocycles. The van der Waals surface area contributed by atoms with Gasteiger partial charge < -0.3 is 5.73 Å². The van der Waals surface area contributed by atoms with E-state index < -0.39 is 0 Å². The van der Waals surface area contributed by atoms with Gasteiger partial charge in [-0.3, -0.25) is 0 Å². The lowest BCUT2D eigenvalue weighted by atomic mass is 9.84. The van der Waals surface area contributed by atoms with Gasteiger partial charge in [0.25, 0.3) is 0 Å². The number of nitrogen functional groups attached to an aromatic ring is 1. The van der Waals surface area contributed by atoms with Crippen LogP contribution >= 0.6 is 0 Å². The Labute approximate surface area is 155 Å². The van der Waals surface area contributed by atoms with E-state index in [1.54, 1.807) is 0 Å². The summed E-state index contributed by atoms with van der Waals surface area (Å²) >= 11 is 0. The van der Waals surface area contributed by atoms with Crippen LogP contribution < -0.4 is 5.73 Å². The van der Waals surface area contributed by atoms with Crippen LogP contribution in [0.4, 0.5) is 5.69 Å². The molecule has 2 aromatic rings. The Morgan fingerprint density at radius 3 is 2.54 bits per heavy atom. The standard InChI is InChI=1S/C25H23N/c1-18-9-3-2-4-10-19-11-5-6-12-22(19)23-13-7-8-14-24(23)25-17-20(26)15-16-21(18)25/h2-4,6-9,12-17H,1,5,10-11,26H2/b4-2-,9-3-. The van der Waals surface area contributed by atoms with Crippen LogP contribution in [0.2, 0.25) is 0 Å². The summed E-state index contributed by atoms with van der Waals surface area (Å²) in [4.78, 5) is 0. The summed E-state index contributed by atoms with van der Waals surface area (Å²) in [6, 6.07) is 14.7. The van der Waals surface area contributed by atoms with Gasteiger partial charge in [-0.2, -0.15) is 0 Å². The molecule has 0 heterocycles. The minimum absolute atomic E-state index is 0.774. The maximum absolute atomic E-state index is 6.15. The minimum Gasteiger partial charge on any atom is -0.399 e. The molecule has 2 aliphatic rings. The molecular weight excluding hydrogens is 314 g/mol. The molecule has 4 rings (SSSR count). The van der Waals surface area contributed by atoms with Gasteiger partial charge in [-0.1, -0.05) is 78.9 Å². The summed E-state index contributed by atoms with van der Waals surface area (Å²) in [5.74, 6) is 0. The maximum atomic E-state index is 6.15. The number of rotatable bonds is 0. The van der Waals surface area contributed by atoms with Gasteiger partial charge in [0.05, 0.1) is 0 Å². The van der Waals surface area contributed by atoms with Gasteiger partial charge >= 0.3 is 0 Å². The lowest BCUT2D eigenvalue weighted by Crippen LogP contribution is -1.99. The van der Waals surface area contributed by atoms with E-state index >= 15 is 0 Å². The summed E-state index contributed by atoms with van der Waals surface area (Å²) in [7, 11) is 0. The van der Waals surface area contributed by atoms with Crippen molar-refractivity contribution in [2.75, 3.05) is 5.73 Å². The van der Waals surface area contributed by atoms with E-state index in [4.69, 9.17) is 5.73 Å². The number of benzene rings is 2. The molecule has 1 nitrogen and oxygen atoms in total. The van der Waals surface area contributed by atoms with Crippen molar-refractivity contribution >= 4 is 16.8 Å². The number of anilines is 1. The molecule has 0 spiro atoms. The molecule has 0 aromatic heterocycles. The molecule has 0 bridgehead atoms. The third kappa shape index (κ3) is 3.09. The molecule has 0 radical (unpaired) electrons. The van der Waals surface area contributed by atoms with Crippen molar-refractivity contribution in [2.45, 2.75) is 19.3 Å². The Kier molecular flexibility index (Phi) is 4.45. The van der Waals surface area contributed by atoms with Crippen LogP contribution in [0.25, 0.3) is 22.3 Å². The van der Waals surface area contributed by atoms with Gasteiger partial charge in [0.1, 0.15) is 0 Å². The Morgan fingerprint density at radius 1 is 0.808 bits per heavy atom. The van der Waals surface area contributed by atoms with E-state index in [2.05, 4.69) is 79.4 Å². The number of nitrogens with two attached hydrogens (primary N) is 1. The van der Waals surface area contributed by atoms with E-state index in [1.165, 1.54) is 22.3 Å². The number of fused-ring (bicyclic) bond motifs is 4. The van der Waals surface area contributed by atoms with Gasteiger partial charge in [0, 0.05) is 5.69 Å². The fourth-order valence-corrected chi connectivity index (χ4v) is 3.77. The Bertz CT molecular complexity index is 983. The quantitative estimate of drug-likeness (QED) is 0.541. The zero-order chi connectivity index (χ0) is 17.9. The molecule has 1 heteroatoms. The second kappa shape index (κ2) is 7.05. The van der Waals surface area contributed by atoms with Crippen LogP contribution in [0.3, 0.4) is 0 Å². The first-order valence-corrected chi connectivity index (χ1v) is 9.14. The van der Waals surface area contributed by atoms with Gasteiger partial charge in [-0.15, -0.1) is 0 Å². The zero-order valence-corrected chi connectivity index (χ0v) is 14.9. The summed E-state index contributed by atoms with van der Waals surface area (Å²) < 4.78 is 0. The Morgan fingerprint density at radius 2 is 1.65 bits per heavy atom. The number of hydrogen-bond acceptors (Lipinski definition) is 1. The predicted molar refractivity (Wildman–Crippen MR) is 114 cm³/mol. The van der Waals surface area contributed by atoms with Crippen molar-refractivity contribution in [1.82, 2.24) is 0 Å². The van der Waals surface area contributed by atoms with Crippen LogP contribution in [-0.4, -0.2) is 0 Å². The predicted octanol–water partition coefficient (Wildman–Crippen LogP) is 6.57. The van der Waals surface area contributed by atoms with Crippen molar-refractivity contribution in [1.29, 1.82) is 0 Å². The van der Waals surface area contributed by atoms with E-state index in [-0.39, 0.29) is 0 Å². The third-order valence-electron chi connectivity index (χ3n) is 5.08. The highest BCUT2D eigenvalue weighted by Crippen LogP contribution is 2.39. The van der Waals surface area contributed by atoms with Gasteiger partial charge in [-0.05, 0) is 64.8 Å². The topological polar surface area (TPSA) is 26.0 Å². The highest BCUT2D eigenvalue weighted by molar-refractivity contribution is 5.93. The van der Waals surface area contributed by atoms with E-state index in [0.29, 0.717) is 0 Å². The molecule has 128 valence electrons. The minimum atomic E-state index is 0.774. The van der Waals surface area contributed by atoms with Crippen molar-refractivity contribution in [3.63, 3.8) is 0 Å². The molecule has 26 heavy (non-hydrogen) atoms. The maximum Gasteiger partial charge on any atom is 0.0320 e. The lowest BCUT2D eigenvalue weighted by Gasteiger charge is -2.20. The highest BCUT2D eigenvalue weighted by atomic mass is 14.5. The molecule has 0 unspecified atom stereocenters. The molecule has 2 N–H and O–H groups in total. The molecule has 0 fully saturated rings. The van der Waals surface area contributed by atoms with Crippen LogP contribution in [0.15, 0.2) is 91.1 Å². The molecule has 2 aliphatic carbocycles. The van der Waals surface area contributed by atoms with Crippen LogP contribution in [0.1, 0.15) is 30.4 Å². The Balaban J connectivity index is 2.04. The average molecular weight is 337 g/mol. The van der Waals surface area contributed by atoms with E-state index in [1.807, 2.05) is 6.07 Å². The highest BCUT2D eigenvalue weighted by Gasteiger charge is 2.16. The van der Waals surface area contributed by atoms with E-state index in [9.17, 15) is 0 Å². The molecule has 0 aliphatic heterocycles. The summed E-state index contributed by atoms with van der Waals surface area (Å²) in [6.07, 6.45) is 16.3. The largest absolute Gasteiger partial charge is 0.399 e. The van der Waals surface area contributed by atoms with Crippen molar-refractivity contribution < 1.29 is 0 Å². The number of hydrogen-bond donors (Lipinski definition) is 1. The van der Waals surface area contributed by atoms with Gasteiger partial charge in [0.15, 0.2) is 0 Å². The molecular formula is C25H23N. The Hall–Kier alpha value is -3.06. The fraction of sp³-hybridized carbons (Fsp3) is 0.120. The lowest BCUT2D eigenvalue weighted by molar-refractivity contribution is 0.931. The van der Waals surface area contributed by atoms with Crippen LogP contribution in [0, 0.1) is 0 Å². The first-order chi connectivity index (χ1) is 12.7. The van der Waals surface area contributed by atoms with Crippen LogP contribution in [-0.2, 0) is 0 Å².